The van der Waals surface area contributed by atoms with Crippen LogP contribution in [-0.4, -0.2) is 50.0 Å². The lowest BCUT2D eigenvalue weighted by Gasteiger charge is -2.36. The summed E-state index contributed by atoms with van der Waals surface area (Å²) in [5, 5.41) is 9.08. The van der Waals surface area contributed by atoms with Gasteiger partial charge >= 0.3 is 5.97 Å². The van der Waals surface area contributed by atoms with Crippen LogP contribution in [-0.2, 0) is 14.4 Å². The zero-order valence-corrected chi connectivity index (χ0v) is 14.3. The Morgan fingerprint density at radius 3 is 2.43 bits per heavy atom. The van der Waals surface area contributed by atoms with Gasteiger partial charge in [0.1, 0.15) is 12.1 Å². The summed E-state index contributed by atoms with van der Waals surface area (Å²) in [5.74, 6) is -1.45. The third kappa shape index (κ3) is 4.14. The second-order valence-electron chi connectivity index (χ2n) is 5.95. The van der Waals surface area contributed by atoms with E-state index in [9.17, 15) is 14.4 Å². The van der Waals surface area contributed by atoms with Crippen molar-refractivity contribution in [1.29, 1.82) is 0 Å². The number of thioether (sulfide) groups is 1. The number of hydrogen-bond donors (Lipinski definition) is 3. The van der Waals surface area contributed by atoms with Gasteiger partial charge in [-0.05, 0) is 26.3 Å². The Morgan fingerprint density at radius 1 is 1.52 bits per heavy atom. The lowest BCUT2D eigenvalue weighted by atomic mass is 9.98. The minimum atomic E-state index is -0.895. The number of allylic oxidation sites excluding steroid dienone is 2. The fourth-order valence-corrected chi connectivity index (χ4v) is 4.11. The minimum absolute atomic E-state index is 0.0320. The predicted molar refractivity (Wildman–Crippen MR) is 89.5 cm³/mol. The van der Waals surface area contributed by atoms with Crippen molar-refractivity contribution >= 4 is 29.5 Å². The summed E-state index contributed by atoms with van der Waals surface area (Å²) in [6, 6.07) is -1.33. The lowest BCUT2D eigenvalue weighted by Crippen LogP contribution is -2.56. The van der Waals surface area contributed by atoms with E-state index in [1.807, 2.05) is 13.8 Å². The molecule has 1 unspecified atom stereocenters. The molecule has 0 spiro atoms. The van der Waals surface area contributed by atoms with Crippen LogP contribution in [0.15, 0.2) is 24.3 Å². The number of nitrogens with two attached hydrogens (primary N) is 2. The zero-order valence-electron chi connectivity index (χ0n) is 13.5. The molecule has 0 saturated carbocycles. The zero-order chi connectivity index (χ0) is 17.9. The van der Waals surface area contributed by atoms with Crippen LogP contribution in [0, 0.1) is 0 Å². The van der Waals surface area contributed by atoms with Crippen LogP contribution < -0.4 is 11.5 Å². The molecular formula is C15H23N3O4S. The van der Waals surface area contributed by atoms with Gasteiger partial charge in [-0.3, -0.25) is 9.59 Å². The highest BCUT2D eigenvalue weighted by atomic mass is 32.2. The second kappa shape index (κ2) is 7.18. The first-order valence-corrected chi connectivity index (χ1v) is 7.96. The predicted octanol–water partition coefficient (Wildman–Crippen LogP) is 0.455. The van der Waals surface area contributed by atoms with E-state index in [1.54, 1.807) is 30.8 Å². The van der Waals surface area contributed by atoms with Gasteiger partial charge in [0.05, 0.1) is 11.8 Å². The van der Waals surface area contributed by atoms with E-state index in [0.29, 0.717) is 6.42 Å². The molecule has 0 radical (unpaired) electrons. The number of nitrogens with zero attached hydrogens (tertiary/aromatic N) is 1. The van der Waals surface area contributed by atoms with Gasteiger partial charge in [-0.2, -0.15) is 0 Å². The van der Waals surface area contributed by atoms with Crippen molar-refractivity contribution in [3.8, 4) is 0 Å². The number of primary amides is 1. The Bertz CT molecular complexity index is 559. The summed E-state index contributed by atoms with van der Waals surface area (Å²) in [6.45, 7) is 8.95. The van der Waals surface area contributed by atoms with Crippen molar-refractivity contribution in [1.82, 2.24) is 4.90 Å². The molecule has 5 N–H and O–H groups in total. The van der Waals surface area contributed by atoms with E-state index >= 15 is 0 Å². The third-order valence-electron chi connectivity index (χ3n) is 3.74. The maximum Gasteiger partial charge on any atom is 0.327 e. The van der Waals surface area contributed by atoms with Crippen molar-refractivity contribution in [3.63, 3.8) is 0 Å². The summed E-state index contributed by atoms with van der Waals surface area (Å²) < 4.78 is -0.358. The fourth-order valence-electron chi connectivity index (χ4n) is 2.49. The van der Waals surface area contributed by atoms with Gasteiger partial charge in [0.25, 0.3) is 0 Å². The Kier molecular flexibility index (Phi) is 6.01. The number of carboxylic acid groups (broad SMARTS) is 1. The number of carbonyl (C=O) groups is 3. The van der Waals surface area contributed by atoms with E-state index in [0.717, 1.165) is 5.57 Å². The van der Waals surface area contributed by atoms with Crippen molar-refractivity contribution < 1.29 is 19.5 Å². The first-order valence-electron chi connectivity index (χ1n) is 7.08. The maximum atomic E-state index is 11.2. The lowest BCUT2D eigenvalue weighted by molar-refractivity contribution is -0.157. The first-order chi connectivity index (χ1) is 10.5. The molecule has 2 rings (SSSR count). The number of aliphatic carboxylic acids is 1. The number of carboxylic acids is 1. The number of amides is 2. The highest BCUT2D eigenvalue weighted by molar-refractivity contribution is 8.01. The van der Waals surface area contributed by atoms with Crippen LogP contribution in [0.2, 0.25) is 0 Å². The summed E-state index contributed by atoms with van der Waals surface area (Å²) in [7, 11) is 0. The standard InChI is InChI=1S/C8H11NO3S.C7H12N2O/c1-8(2)6(7(11)12)9-4(10)3-5(9)13-8;1-3-4-5(2)6(8)7(9)10/h5-6H,3H2,1-2H3,(H,11,12);3-4,6H,1,8H2,2H3,(H2,9,10)/b;5-4+/t5-,6+;/m1./s1. The normalized spacial score (nSPS) is 26.3. The van der Waals surface area contributed by atoms with Gasteiger partial charge < -0.3 is 21.5 Å². The highest BCUT2D eigenvalue weighted by Crippen LogP contribution is 2.50. The number of fused-ring (bicyclic) bond motifs is 1. The molecule has 0 aromatic rings. The van der Waals surface area contributed by atoms with Gasteiger partial charge in [-0.1, -0.05) is 18.7 Å². The molecule has 0 aromatic carbocycles. The number of β-lactam (4-membered cyclic amide) rings is 1. The van der Waals surface area contributed by atoms with Crippen LogP contribution in [0.25, 0.3) is 0 Å². The van der Waals surface area contributed by atoms with Gasteiger partial charge in [-0.25, -0.2) is 4.79 Å². The van der Waals surface area contributed by atoms with E-state index in [-0.39, 0.29) is 16.0 Å². The van der Waals surface area contributed by atoms with Crippen molar-refractivity contribution in [2.75, 3.05) is 0 Å². The molecule has 0 bridgehead atoms. The van der Waals surface area contributed by atoms with Crippen LogP contribution in [0.5, 0.6) is 0 Å². The molecule has 8 heteroatoms. The highest BCUT2D eigenvalue weighted by Gasteiger charge is 2.58. The molecule has 2 saturated heterocycles. The Labute approximate surface area is 139 Å². The molecule has 128 valence electrons. The first kappa shape index (κ1) is 19.2. The average molecular weight is 341 g/mol. The second-order valence-corrected chi connectivity index (χ2v) is 7.78. The maximum absolute atomic E-state index is 11.2. The molecule has 3 atom stereocenters. The number of rotatable bonds is 4. The Balaban J connectivity index is 0.000000241. The third-order valence-corrected chi connectivity index (χ3v) is 5.23. The molecule has 2 heterocycles. The minimum Gasteiger partial charge on any atom is -0.480 e. The van der Waals surface area contributed by atoms with Crippen LogP contribution in [0.1, 0.15) is 27.2 Å². The molecule has 2 aliphatic heterocycles. The van der Waals surface area contributed by atoms with Gasteiger partial charge in [-0.15, -0.1) is 11.8 Å². The molecule has 7 nitrogen and oxygen atoms in total. The van der Waals surface area contributed by atoms with Crippen molar-refractivity contribution in [2.24, 2.45) is 11.5 Å². The van der Waals surface area contributed by atoms with E-state index in [1.165, 1.54) is 4.90 Å². The van der Waals surface area contributed by atoms with Crippen LogP contribution in [0.3, 0.4) is 0 Å². The van der Waals surface area contributed by atoms with Crippen LogP contribution >= 0.6 is 11.8 Å². The summed E-state index contributed by atoms with van der Waals surface area (Å²) in [6.07, 6.45) is 3.73. The SMILES string of the molecule is C=C/C=C(\C)C(N)C(N)=O.CC1(C)S[C@@H]2CC(=O)N2[C@H]1C(=O)O. The average Bonchev–Trinajstić information content (AvgIpc) is 2.65. The Morgan fingerprint density at radius 2 is 2.09 bits per heavy atom. The van der Waals surface area contributed by atoms with Crippen LogP contribution in [0.4, 0.5) is 0 Å². The van der Waals surface area contributed by atoms with E-state index in [4.69, 9.17) is 16.6 Å². The molecular weight excluding hydrogens is 318 g/mol. The van der Waals surface area contributed by atoms with Gasteiger partial charge in [0.15, 0.2) is 0 Å². The smallest absolute Gasteiger partial charge is 0.327 e. The fraction of sp³-hybridized carbons (Fsp3) is 0.533. The van der Waals surface area contributed by atoms with E-state index < -0.39 is 24.0 Å². The number of carbonyl (C=O) groups excluding carboxylic acids is 2. The molecule has 0 aliphatic carbocycles. The van der Waals surface area contributed by atoms with Crippen molar-refractivity contribution in [2.45, 2.75) is 49.4 Å². The monoisotopic (exact) mass is 341 g/mol. The van der Waals surface area contributed by atoms with Gasteiger partial charge in [0, 0.05) is 4.75 Å². The largest absolute Gasteiger partial charge is 0.480 e. The molecule has 0 aromatic heterocycles. The van der Waals surface area contributed by atoms with Gasteiger partial charge in [0.2, 0.25) is 11.8 Å². The molecule has 2 amide bonds. The summed E-state index contributed by atoms with van der Waals surface area (Å²) in [4.78, 5) is 34.0. The summed E-state index contributed by atoms with van der Waals surface area (Å²) in [5.41, 5.74) is 11.0. The number of hydrogen-bond acceptors (Lipinski definition) is 5. The molecule has 2 aliphatic rings. The molecule has 23 heavy (non-hydrogen) atoms. The summed E-state index contributed by atoms with van der Waals surface area (Å²) >= 11 is 1.58. The molecule has 2 fully saturated rings. The topological polar surface area (TPSA) is 127 Å². The Hall–Kier alpha value is -1.80. The van der Waals surface area contributed by atoms with E-state index in [2.05, 4.69) is 6.58 Å². The quantitative estimate of drug-likeness (QED) is 0.503. The van der Waals surface area contributed by atoms with Crippen molar-refractivity contribution in [3.05, 3.63) is 24.3 Å².